The van der Waals surface area contributed by atoms with Gasteiger partial charge in [-0.05, 0) is 37.1 Å². The smallest absolute Gasteiger partial charge is 0.0552 e. The molecule has 0 fully saturated rings. The molecule has 0 aromatic heterocycles. The first-order valence-electron chi connectivity index (χ1n) is 6.56. The van der Waals surface area contributed by atoms with Crippen molar-refractivity contribution in [3.8, 4) is 0 Å². The average Bonchev–Trinajstić information content (AvgIpc) is 2.37. The van der Waals surface area contributed by atoms with Crippen molar-refractivity contribution in [2.75, 3.05) is 31.8 Å². The molecule has 0 radical (unpaired) electrons. The van der Waals surface area contributed by atoms with Crippen LogP contribution in [0.4, 0.5) is 0 Å². The van der Waals surface area contributed by atoms with Crippen LogP contribution in [0.25, 0.3) is 0 Å². The van der Waals surface area contributed by atoms with E-state index in [1.54, 1.807) is 7.11 Å². The third kappa shape index (κ3) is 5.01. The van der Waals surface area contributed by atoms with E-state index < -0.39 is 0 Å². The monoisotopic (exact) mass is 267 g/mol. The third-order valence-electron chi connectivity index (χ3n) is 3.10. The Bertz CT molecular complexity index is 354. The molecule has 1 unspecified atom stereocenters. The highest BCUT2D eigenvalue weighted by molar-refractivity contribution is 7.99. The van der Waals surface area contributed by atoms with Gasteiger partial charge < -0.3 is 10.1 Å². The maximum absolute atomic E-state index is 5.08. The van der Waals surface area contributed by atoms with E-state index in [9.17, 15) is 0 Å². The lowest BCUT2D eigenvalue weighted by molar-refractivity contribution is 0.218. The summed E-state index contributed by atoms with van der Waals surface area (Å²) in [5.41, 5.74) is 4.13. The van der Waals surface area contributed by atoms with Crippen LogP contribution in [-0.4, -0.2) is 31.8 Å². The number of hydrogen-bond acceptors (Lipinski definition) is 3. The standard InChI is InChI=1S/C15H25NOS/c1-5-16-15(11-18-9-8-17-4)14-7-6-12(2)13(3)10-14/h6-7,10,15-16H,5,8-9,11H2,1-4H3. The zero-order chi connectivity index (χ0) is 13.4. The fourth-order valence-electron chi connectivity index (χ4n) is 1.84. The van der Waals surface area contributed by atoms with Gasteiger partial charge in [0.15, 0.2) is 0 Å². The zero-order valence-electron chi connectivity index (χ0n) is 12.0. The molecule has 1 atom stereocenters. The van der Waals surface area contributed by atoms with Crippen molar-refractivity contribution in [3.05, 3.63) is 34.9 Å². The first kappa shape index (κ1) is 15.5. The molecule has 18 heavy (non-hydrogen) atoms. The summed E-state index contributed by atoms with van der Waals surface area (Å²) in [7, 11) is 1.76. The van der Waals surface area contributed by atoms with Gasteiger partial charge in [0.2, 0.25) is 0 Å². The summed E-state index contributed by atoms with van der Waals surface area (Å²) in [4.78, 5) is 0. The second kappa shape index (κ2) is 8.57. The predicted octanol–water partition coefficient (Wildman–Crippen LogP) is 3.33. The van der Waals surface area contributed by atoms with Crippen molar-refractivity contribution in [3.63, 3.8) is 0 Å². The van der Waals surface area contributed by atoms with Crippen LogP contribution < -0.4 is 5.32 Å². The topological polar surface area (TPSA) is 21.3 Å². The van der Waals surface area contributed by atoms with Crippen molar-refractivity contribution in [1.82, 2.24) is 5.32 Å². The number of hydrogen-bond donors (Lipinski definition) is 1. The van der Waals surface area contributed by atoms with Crippen molar-refractivity contribution < 1.29 is 4.74 Å². The summed E-state index contributed by atoms with van der Waals surface area (Å²) in [6.07, 6.45) is 0. The zero-order valence-corrected chi connectivity index (χ0v) is 12.8. The van der Waals surface area contributed by atoms with Crippen LogP contribution in [0.1, 0.15) is 29.7 Å². The first-order chi connectivity index (χ1) is 8.69. The molecule has 0 spiro atoms. The molecule has 0 aliphatic rings. The lowest BCUT2D eigenvalue weighted by Gasteiger charge is -2.19. The van der Waals surface area contributed by atoms with E-state index in [-0.39, 0.29) is 0 Å². The fraction of sp³-hybridized carbons (Fsp3) is 0.600. The molecule has 1 aromatic carbocycles. The summed E-state index contributed by atoms with van der Waals surface area (Å²) < 4.78 is 5.08. The second-order valence-electron chi connectivity index (χ2n) is 4.52. The summed E-state index contributed by atoms with van der Waals surface area (Å²) in [5, 5.41) is 3.56. The van der Waals surface area contributed by atoms with Gasteiger partial charge in [-0.1, -0.05) is 25.1 Å². The Balaban J connectivity index is 2.61. The van der Waals surface area contributed by atoms with Crippen LogP contribution >= 0.6 is 11.8 Å². The van der Waals surface area contributed by atoms with Gasteiger partial charge >= 0.3 is 0 Å². The lowest BCUT2D eigenvalue weighted by Crippen LogP contribution is -2.23. The number of thioether (sulfide) groups is 1. The number of rotatable bonds is 8. The van der Waals surface area contributed by atoms with Crippen molar-refractivity contribution in [2.45, 2.75) is 26.8 Å². The van der Waals surface area contributed by atoms with Gasteiger partial charge in [-0.25, -0.2) is 0 Å². The van der Waals surface area contributed by atoms with E-state index in [2.05, 4.69) is 44.3 Å². The van der Waals surface area contributed by atoms with Crippen LogP contribution in [0.2, 0.25) is 0 Å². The molecule has 0 aliphatic carbocycles. The summed E-state index contributed by atoms with van der Waals surface area (Å²) >= 11 is 1.94. The molecule has 0 saturated heterocycles. The quantitative estimate of drug-likeness (QED) is 0.730. The molecule has 0 amide bonds. The highest BCUT2D eigenvalue weighted by Crippen LogP contribution is 2.21. The van der Waals surface area contributed by atoms with Crippen LogP contribution in [0, 0.1) is 13.8 Å². The van der Waals surface area contributed by atoms with Gasteiger partial charge in [-0.15, -0.1) is 0 Å². The summed E-state index contributed by atoms with van der Waals surface area (Å²) in [6, 6.07) is 7.21. The fourth-order valence-corrected chi connectivity index (χ4v) is 2.84. The van der Waals surface area contributed by atoms with Crippen LogP contribution in [-0.2, 0) is 4.74 Å². The summed E-state index contributed by atoms with van der Waals surface area (Å²) in [5.74, 6) is 2.16. The van der Waals surface area contributed by atoms with E-state index in [0.717, 1.165) is 24.7 Å². The third-order valence-corrected chi connectivity index (χ3v) is 4.12. The molecule has 3 heteroatoms. The minimum absolute atomic E-state index is 0.441. The SMILES string of the molecule is CCNC(CSCCOC)c1ccc(C)c(C)c1. The average molecular weight is 267 g/mol. The number of nitrogens with one attached hydrogen (secondary N) is 1. The Labute approximate surface area is 116 Å². The molecule has 1 aromatic rings. The van der Waals surface area contributed by atoms with E-state index in [0.29, 0.717) is 6.04 Å². The van der Waals surface area contributed by atoms with E-state index >= 15 is 0 Å². The molecule has 2 nitrogen and oxygen atoms in total. The Morgan fingerprint density at radius 3 is 2.67 bits per heavy atom. The number of methoxy groups -OCH3 is 1. The maximum Gasteiger partial charge on any atom is 0.0552 e. The lowest BCUT2D eigenvalue weighted by atomic mass is 10.0. The van der Waals surface area contributed by atoms with Gasteiger partial charge in [-0.2, -0.15) is 11.8 Å². The minimum Gasteiger partial charge on any atom is -0.384 e. The van der Waals surface area contributed by atoms with E-state index in [4.69, 9.17) is 4.74 Å². The molecule has 0 aliphatic heterocycles. The Kier molecular flexibility index (Phi) is 7.40. The Morgan fingerprint density at radius 2 is 2.06 bits per heavy atom. The van der Waals surface area contributed by atoms with Crippen LogP contribution in [0.5, 0.6) is 0 Å². The van der Waals surface area contributed by atoms with Gasteiger partial charge in [0.25, 0.3) is 0 Å². The maximum atomic E-state index is 5.08. The van der Waals surface area contributed by atoms with Gasteiger partial charge in [0, 0.05) is 24.7 Å². The Morgan fingerprint density at radius 1 is 1.28 bits per heavy atom. The molecule has 102 valence electrons. The molecule has 0 saturated carbocycles. The van der Waals surface area contributed by atoms with E-state index in [1.807, 2.05) is 11.8 Å². The molecule has 1 N–H and O–H groups in total. The Hall–Kier alpha value is -0.510. The predicted molar refractivity (Wildman–Crippen MR) is 81.5 cm³/mol. The molecule has 1 rings (SSSR count). The highest BCUT2D eigenvalue weighted by atomic mass is 32.2. The second-order valence-corrected chi connectivity index (χ2v) is 5.67. The summed E-state index contributed by atoms with van der Waals surface area (Å²) in [6.45, 7) is 8.33. The molecular weight excluding hydrogens is 242 g/mol. The van der Waals surface area contributed by atoms with Crippen LogP contribution in [0.15, 0.2) is 18.2 Å². The van der Waals surface area contributed by atoms with E-state index in [1.165, 1.54) is 16.7 Å². The number of benzene rings is 1. The molecular formula is C15H25NOS. The van der Waals surface area contributed by atoms with Crippen molar-refractivity contribution in [2.24, 2.45) is 0 Å². The normalized spacial score (nSPS) is 12.7. The van der Waals surface area contributed by atoms with Gasteiger partial charge in [0.05, 0.1) is 6.61 Å². The van der Waals surface area contributed by atoms with Crippen LogP contribution in [0.3, 0.4) is 0 Å². The first-order valence-corrected chi connectivity index (χ1v) is 7.71. The van der Waals surface area contributed by atoms with Gasteiger partial charge in [-0.3, -0.25) is 0 Å². The molecule has 0 bridgehead atoms. The molecule has 0 heterocycles. The highest BCUT2D eigenvalue weighted by Gasteiger charge is 2.10. The number of ether oxygens (including phenoxy) is 1. The largest absolute Gasteiger partial charge is 0.384 e. The van der Waals surface area contributed by atoms with Gasteiger partial charge in [0.1, 0.15) is 0 Å². The minimum atomic E-state index is 0.441. The number of aryl methyl sites for hydroxylation is 2. The van der Waals surface area contributed by atoms with Crippen molar-refractivity contribution in [1.29, 1.82) is 0 Å². The van der Waals surface area contributed by atoms with Crippen molar-refractivity contribution >= 4 is 11.8 Å².